The standard InChI is InChI=1S/C11H15NO6S2/c1-9(2)11(13)18-8-19(14,15)12-20(16,17)10-6-4-3-5-7-10/h3-7,9,12H,8H2,1-2H3. The van der Waals surface area contributed by atoms with Crippen LogP contribution in [0.15, 0.2) is 35.2 Å². The Hall–Kier alpha value is -1.45. The van der Waals surface area contributed by atoms with Crippen molar-refractivity contribution < 1.29 is 26.4 Å². The molecule has 0 unspecified atom stereocenters. The molecular formula is C11H15NO6S2. The lowest BCUT2D eigenvalue weighted by atomic mass is 10.2. The summed E-state index contributed by atoms with van der Waals surface area (Å²) in [6, 6.07) is 7.01. The van der Waals surface area contributed by atoms with Crippen molar-refractivity contribution in [1.29, 1.82) is 0 Å². The molecule has 9 heteroatoms. The minimum Gasteiger partial charge on any atom is -0.448 e. The fourth-order valence-corrected chi connectivity index (χ4v) is 3.84. The fraction of sp³-hybridized carbons (Fsp3) is 0.364. The van der Waals surface area contributed by atoms with E-state index >= 15 is 0 Å². The number of benzene rings is 1. The molecule has 0 saturated heterocycles. The molecule has 1 rings (SSSR count). The molecule has 0 radical (unpaired) electrons. The van der Waals surface area contributed by atoms with Crippen LogP contribution in [0, 0.1) is 5.92 Å². The van der Waals surface area contributed by atoms with E-state index in [2.05, 4.69) is 4.74 Å². The average molecular weight is 321 g/mol. The minimum absolute atomic E-state index is 0.196. The number of hydrogen-bond donors (Lipinski definition) is 1. The summed E-state index contributed by atoms with van der Waals surface area (Å²) in [7, 11) is -8.51. The maximum atomic E-state index is 11.8. The quantitative estimate of drug-likeness (QED) is 0.762. The lowest BCUT2D eigenvalue weighted by Gasteiger charge is -2.09. The summed E-state index contributed by atoms with van der Waals surface area (Å²) in [5.41, 5.74) is 0. The predicted molar refractivity (Wildman–Crippen MR) is 71.5 cm³/mol. The normalized spacial score (nSPS) is 12.3. The van der Waals surface area contributed by atoms with Gasteiger partial charge >= 0.3 is 5.97 Å². The van der Waals surface area contributed by atoms with Crippen molar-refractivity contribution in [2.45, 2.75) is 18.7 Å². The van der Waals surface area contributed by atoms with Crippen molar-refractivity contribution >= 4 is 26.0 Å². The zero-order chi connectivity index (χ0) is 15.4. The van der Waals surface area contributed by atoms with Crippen molar-refractivity contribution in [2.24, 2.45) is 5.92 Å². The van der Waals surface area contributed by atoms with Gasteiger partial charge in [0.1, 0.15) is 0 Å². The zero-order valence-electron chi connectivity index (χ0n) is 10.9. The third kappa shape index (κ3) is 4.91. The molecule has 0 saturated carbocycles. The molecule has 1 N–H and O–H groups in total. The third-order valence-corrected chi connectivity index (χ3v) is 5.33. The van der Waals surface area contributed by atoms with Gasteiger partial charge in [0.15, 0.2) is 0 Å². The fourth-order valence-electron chi connectivity index (χ4n) is 1.14. The van der Waals surface area contributed by atoms with Gasteiger partial charge in [-0.15, -0.1) is 4.13 Å². The smallest absolute Gasteiger partial charge is 0.309 e. The van der Waals surface area contributed by atoms with E-state index in [9.17, 15) is 21.6 Å². The molecule has 0 bridgehead atoms. The summed E-state index contributed by atoms with van der Waals surface area (Å²) >= 11 is 0. The molecular weight excluding hydrogens is 306 g/mol. The summed E-state index contributed by atoms with van der Waals surface area (Å²) in [5, 5.41) is 0. The van der Waals surface area contributed by atoms with Gasteiger partial charge in [0, 0.05) is 0 Å². The van der Waals surface area contributed by atoms with Crippen LogP contribution in [0.3, 0.4) is 0 Å². The summed E-state index contributed by atoms with van der Waals surface area (Å²) in [6.45, 7) is 3.06. The van der Waals surface area contributed by atoms with Gasteiger partial charge < -0.3 is 4.74 Å². The number of esters is 1. The van der Waals surface area contributed by atoms with E-state index in [-0.39, 0.29) is 4.90 Å². The molecule has 112 valence electrons. The highest BCUT2D eigenvalue weighted by Gasteiger charge is 2.24. The van der Waals surface area contributed by atoms with Crippen LogP contribution in [-0.4, -0.2) is 28.7 Å². The maximum Gasteiger partial charge on any atom is 0.309 e. The van der Waals surface area contributed by atoms with E-state index in [1.54, 1.807) is 6.07 Å². The predicted octanol–water partition coefficient (Wildman–Crippen LogP) is 0.451. The second-order valence-electron chi connectivity index (χ2n) is 4.25. The van der Waals surface area contributed by atoms with Gasteiger partial charge in [0.2, 0.25) is 5.94 Å². The summed E-state index contributed by atoms with van der Waals surface area (Å²) < 4.78 is 52.8. The largest absolute Gasteiger partial charge is 0.448 e. The minimum atomic E-state index is -4.30. The molecule has 0 spiro atoms. The summed E-state index contributed by atoms with van der Waals surface area (Å²) in [6.07, 6.45) is 0. The number of nitrogens with one attached hydrogen (secondary N) is 1. The van der Waals surface area contributed by atoms with Gasteiger partial charge in [0.05, 0.1) is 10.8 Å². The Morgan fingerprint density at radius 3 is 2.20 bits per heavy atom. The Bertz CT molecular complexity index is 664. The number of hydrogen-bond acceptors (Lipinski definition) is 6. The molecule has 1 aromatic carbocycles. The molecule has 20 heavy (non-hydrogen) atoms. The highest BCUT2D eigenvalue weighted by Crippen LogP contribution is 2.08. The number of carbonyl (C=O) groups excluding carboxylic acids is 1. The first-order chi connectivity index (χ1) is 9.14. The van der Waals surface area contributed by atoms with E-state index in [1.165, 1.54) is 42.2 Å². The van der Waals surface area contributed by atoms with Crippen molar-refractivity contribution in [3.05, 3.63) is 30.3 Å². The van der Waals surface area contributed by atoms with Gasteiger partial charge in [-0.05, 0) is 12.1 Å². The van der Waals surface area contributed by atoms with Crippen LogP contribution in [0.25, 0.3) is 0 Å². The zero-order valence-corrected chi connectivity index (χ0v) is 12.6. The van der Waals surface area contributed by atoms with Crippen LogP contribution >= 0.6 is 0 Å². The Balaban J connectivity index is 2.79. The molecule has 0 aliphatic rings. The molecule has 0 aliphatic carbocycles. The van der Waals surface area contributed by atoms with Gasteiger partial charge in [-0.3, -0.25) is 4.79 Å². The van der Waals surface area contributed by atoms with E-state index in [0.717, 1.165) is 0 Å². The molecule has 0 amide bonds. The van der Waals surface area contributed by atoms with Gasteiger partial charge in [0.25, 0.3) is 20.0 Å². The highest BCUT2D eigenvalue weighted by atomic mass is 32.3. The highest BCUT2D eigenvalue weighted by molar-refractivity contribution is 8.04. The van der Waals surface area contributed by atoms with Crippen LogP contribution in [0.2, 0.25) is 0 Å². The molecule has 1 aromatic rings. The first-order valence-corrected chi connectivity index (χ1v) is 8.75. The lowest BCUT2D eigenvalue weighted by Crippen LogP contribution is -2.34. The van der Waals surface area contributed by atoms with Crippen LogP contribution in [0.4, 0.5) is 0 Å². The topological polar surface area (TPSA) is 107 Å². The Morgan fingerprint density at radius 2 is 1.70 bits per heavy atom. The summed E-state index contributed by atoms with van der Waals surface area (Å²) in [5.74, 6) is -2.28. The van der Waals surface area contributed by atoms with E-state index < -0.39 is 37.9 Å². The van der Waals surface area contributed by atoms with Crippen molar-refractivity contribution in [3.63, 3.8) is 0 Å². The SMILES string of the molecule is CC(C)C(=O)OCS(=O)(=O)NS(=O)(=O)c1ccccc1. The molecule has 0 fully saturated rings. The molecule has 0 aromatic heterocycles. The second kappa shape index (κ2) is 6.33. The Labute approximate surface area is 118 Å². The molecule has 7 nitrogen and oxygen atoms in total. The van der Waals surface area contributed by atoms with Gasteiger partial charge in [-0.2, -0.15) is 0 Å². The van der Waals surface area contributed by atoms with E-state index in [1.807, 2.05) is 0 Å². The molecule has 0 atom stereocenters. The van der Waals surface area contributed by atoms with Crippen LogP contribution in [0.1, 0.15) is 13.8 Å². The average Bonchev–Trinajstić information content (AvgIpc) is 2.35. The number of rotatable bonds is 6. The first kappa shape index (κ1) is 16.6. The van der Waals surface area contributed by atoms with Crippen LogP contribution in [-0.2, 0) is 29.6 Å². The van der Waals surface area contributed by atoms with Crippen LogP contribution in [0.5, 0.6) is 0 Å². The van der Waals surface area contributed by atoms with Crippen molar-refractivity contribution in [3.8, 4) is 0 Å². The lowest BCUT2D eigenvalue weighted by molar-refractivity contribution is -0.145. The Kier molecular flexibility index (Phi) is 5.26. The second-order valence-corrected chi connectivity index (χ2v) is 7.86. The maximum absolute atomic E-state index is 11.8. The molecule has 0 aliphatic heterocycles. The Morgan fingerprint density at radius 1 is 1.15 bits per heavy atom. The van der Waals surface area contributed by atoms with E-state index in [4.69, 9.17) is 0 Å². The van der Waals surface area contributed by atoms with Crippen molar-refractivity contribution in [2.75, 3.05) is 5.94 Å². The third-order valence-electron chi connectivity index (χ3n) is 2.12. The van der Waals surface area contributed by atoms with Crippen molar-refractivity contribution in [1.82, 2.24) is 4.13 Å². The monoisotopic (exact) mass is 321 g/mol. The van der Waals surface area contributed by atoms with E-state index in [0.29, 0.717) is 0 Å². The first-order valence-electron chi connectivity index (χ1n) is 5.62. The number of carbonyl (C=O) groups is 1. The van der Waals surface area contributed by atoms with Gasteiger partial charge in [-0.25, -0.2) is 16.8 Å². The number of sulfonamides is 2. The van der Waals surface area contributed by atoms with Crippen LogP contribution < -0.4 is 4.13 Å². The summed E-state index contributed by atoms with van der Waals surface area (Å²) in [4.78, 5) is 11.0. The molecule has 0 heterocycles. The van der Waals surface area contributed by atoms with Gasteiger partial charge in [-0.1, -0.05) is 32.0 Å². The number of ether oxygens (including phenoxy) is 1.